The van der Waals surface area contributed by atoms with Crippen molar-refractivity contribution < 1.29 is 14.3 Å². The number of anilines is 2. The van der Waals surface area contributed by atoms with Gasteiger partial charge in [-0.3, -0.25) is 14.9 Å². The molecule has 9 heteroatoms. The molecule has 1 aliphatic rings. The van der Waals surface area contributed by atoms with E-state index in [2.05, 4.69) is 15.4 Å². The largest absolute Gasteiger partial charge is 0.497 e. The molecule has 8 nitrogen and oxygen atoms in total. The number of hydrogen-bond acceptors (Lipinski definition) is 6. The second-order valence-electron chi connectivity index (χ2n) is 7.21. The van der Waals surface area contributed by atoms with E-state index in [0.29, 0.717) is 17.3 Å². The minimum absolute atomic E-state index is 0.0875. The third-order valence-corrected chi connectivity index (χ3v) is 6.08. The highest BCUT2D eigenvalue weighted by atomic mass is 32.1. The Labute approximate surface area is 182 Å². The van der Waals surface area contributed by atoms with Crippen molar-refractivity contribution in [2.45, 2.75) is 6.42 Å². The van der Waals surface area contributed by atoms with Gasteiger partial charge in [0.15, 0.2) is 0 Å². The number of amides is 2. The lowest BCUT2D eigenvalue weighted by molar-refractivity contribution is -0.122. The Bertz CT molecular complexity index is 1250. The van der Waals surface area contributed by atoms with Gasteiger partial charge in [-0.1, -0.05) is 30.3 Å². The highest BCUT2D eigenvalue weighted by molar-refractivity contribution is 7.15. The molecule has 4 aromatic rings. The number of ether oxygens (including phenoxy) is 1. The fourth-order valence-electron chi connectivity index (χ4n) is 3.65. The van der Waals surface area contributed by atoms with Crippen LogP contribution >= 0.6 is 11.3 Å². The molecule has 1 fully saturated rings. The van der Waals surface area contributed by atoms with E-state index in [1.165, 1.54) is 11.3 Å². The van der Waals surface area contributed by atoms with E-state index in [-0.39, 0.29) is 24.2 Å². The van der Waals surface area contributed by atoms with E-state index < -0.39 is 5.92 Å². The molecule has 1 unspecified atom stereocenters. The molecule has 1 aliphatic heterocycles. The lowest BCUT2D eigenvalue weighted by atomic mass is 10.1. The maximum Gasteiger partial charge on any atom is 0.250 e. The SMILES string of the molecule is COc1ccc(N2CC(C(=O)Nc3nc4scc(-c5ccccc5)n4n3)CC2=O)cc1. The predicted molar refractivity (Wildman–Crippen MR) is 118 cm³/mol. The molecule has 0 aliphatic carbocycles. The van der Waals surface area contributed by atoms with Crippen LogP contribution in [0, 0.1) is 5.92 Å². The monoisotopic (exact) mass is 433 g/mol. The van der Waals surface area contributed by atoms with E-state index in [1.807, 2.05) is 47.8 Å². The second kappa shape index (κ2) is 7.84. The van der Waals surface area contributed by atoms with Gasteiger partial charge in [-0.2, -0.15) is 4.98 Å². The summed E-state index contributed by atoms with van der Waals surface area (Å²) in [6.07, 6.45) is 0.148. The van der Waals surface area contributed by atoms with E-state index in [9.17, 15) is 9.59 Å². The number of nitrogens with one attached hydrogen (secondary N) is 1. The van der Waals surface area contributed by atoms with Crippen molar-refractivity contribution in [2.75, 3.05) is 23.9 Å². The maximum absolute atomic E-state index is 12.8. The normalized spacial score (nSPS) is 16.1. The van der Waals surface area contributed by atoms with Gasteiger partial charge < -0.3 is 9.64 Å². The van der Waals surface area contributed by atoms with Gasteiger partial charge in [-0.25, -0.2) is 4.52 Å². The van der Waals surface area contributed by atoms with Crippen molar-refractivity contribution in [3.63, 3.8) is 0 Å². The lowest BCUT2D eigenvalue weighted by Gasteiger charge is -2.16. The van der Waals surface area contributed by atoms with Crippen LogP contribution in [0.1, 0.15) is 6.42 Å². The number of carbonyl (C=O) groups excluding carboxylic acids is 2. The molecule has 5 rings (SSSR count). The molecule has 2 aromatic carbocycles. The predicted octanol–water partition coefficient (Wildman–Crippen LogP) is 3.46. The molecule has 0 bridgehead atoms. The molecule has 0 radical (unpaired) electrons. The molecule has 0 saturated carbocycles. The number of benzene rings is 2. The first-order valence-electron chi connectivity index (χ1n) is 9.77. The number of fused-ring (bicyclic) bond motifs is 1. The first-order chi connectivity index (χ1) is 15.1. The van der Waals surface area contributed by atoms with Gasteiger partial charge >= 0.3 is 0 Å². The number of aromatic nitrogens is 3. The van der Waals surface area contributed by atoms with Crippen LogP contribution in [0.4, 0.5) is 11.6 Å². The second-order valence-corrected chi connectivity index (χ2v) is 8.05. The lowest BCUT2D eigenvalue weighted by Crippen LogP contribution is -2.28. The van der Waals surface area contributed by atoms with Gasteiger partial charge in [0.25, 0.3) is 0 Å². The molecule has 3 heterocycles. The molecule has 1 atom stereocenters. The summed E-state index contributed by atoms with van der Waals surface area (Å²) in [5, 5.41) is 9.21. The third kappa shape index (κ3) is 3.64. The molecule has 0 spiro atoms. The van der Waals surface area contributed by atoms with E-state index in [4.69, 9.17) is 4.74 Å². The van der Waals surface area contributed by atoms with E-state index >= 15 is 0 Å². The van der Waals surface area contributed by atoms with Crippen LogP contribution in [0.25, 0.3) is 16.2 Å². The molecule has 2 amide bonds. The van der Waals surface area contributed by atoms with Gasteiger partial charge in [0, 0.05) is 29.6 Å². The first-order valence-corrected chi connectivity index (χ1v) is 10.7. The Morgan fingerprint density at radius 3 is 2.68 bits per heavy atom. The van der Waals surface area contributed by atoms with Crippen LogP contribution in [-0.2, 0) is 9.59 Å². The summed E-state index contributed by atoms with van der Waals surface area (Å²) in [6.45, 7) is 0.314. The van der Waals surface area contributed by atoms with E-state index in [0.717, 1.165) is 16.9 Å². The average molecular weight is 433 g/mol. The Kier molecular flexibility index (Phi) is 4.87. The Morgan fingerprint density at radius 1 is 1.16 bits per heavy atom. The fourth-order valence-corrected chi connectivity index (χ4v) is 4.48. The summed E-state index contributed by atoms with van der Waals surface area (Å²) in [4.78, 5) is 32.0. The Hall–Kier alpha value is -3.72. The topological polar surface area (TPSA) is 88.8 Å². The van der Waals surface area contributed by atoms with Gasteiger partial charge in [0.1, 0.15) is 5.75 Å². The van der Waals surface area contributed by atoms with Crippen LogP contribution in [0.5, 0.6) is 5.75 Å². The van der Waals surface area contributed by atoms with Crippen molar-refractivity contribution in [1.82, 2.24) is 14.6 Å². The first kappa shape index (κ1) is 19.3. The van der Waals surface area contributed by atoms with Crippen molar-refractivity contribution in [3.8, 4) is 17.0 Å². The van der Waals surface area contributed by atoms with Crippen molar-refractivity contribution in [1.29, 1.82) is 0 Å². The molecule has 1 N–H and O–H groups in total. The van der Waals surface area contributed by atoms with Crippen molar-refractivity contribution in [3.05, 3.63) is 60.0 Å². The number of hydrogen-bond donors (Lipinski definition) is 1. The molecular formula is C22H19N5O3S. The zero-order valence-electron chi connectivity index (χ0n) is 16.7. The molecule has 1 saturated heterocycles. The van der Waals surface area contributed by atoms with Crippen LogP contribution in [0.15, 0.2) is 60.0 Å². The molecule has 156 valence electrons. The molecule has 2 aromatic heterocycles. The minimum atomic E-state index is -0.468. The van der Waals surface area contributed by atoms with Crippen LogP contribution in [0.3, 0.4) is 0 Å². The summed E-state index contributed by atoms with van der Waals surface area (Å²) >= 11 is 1.46. The third-order valence-electron chi connectivity index (χ3n) is 5.27. The molecule has 31 heavy (non-hydrogen) atoms. The average Bonchev–Trinajstić information content (AvgIpc) is 3.48. The summed E-state index contributed by atoms with van der Waals surface area (Å²) in [5.74, 6) is 0.138. The number of thiazole rings is 1. The minimum Gasteiger partial charge on any atom is -0.497 e. The van der Waals surface area contributed by atoms with E-state index in [1.54, 1.807) is 28.7 Å². The van der Waals surface area contributed by atoms with Crippen LogP contribution in [0.2, 0.25) is 0 Å². The summed E-state index contributed by atoms with van der Waals surface area (Å²) in [7, 11) is 1.59. The van der Waals surface area contributed by atoms with Gasteiger partial charge in [0.2, 0.25) is 22.7 Å². The summed E-state index contributed by atoms with van der Waals surface area (Å²) in [5.41, 5.74) is 2.68. The Balaban J connectivity index is 1.30. The Morgan fingerprint density at radius 2 is 1.94 bits per heavy atom. The van der Waals surface area contributed by atoms with Crippen LogP contribution in [-0.4, -0.2) is 40.1 Å². The van der Waals surface area contributed by atoms with Crippen molar-refractivity contribution in [2.24, 2.45) is 5.92 Å². The number of rotatable bonds is 5. The fraction of sp³-hybridized carbons (Fsp3) is 0.182. The number of carbonyl (C=O) groups is 2. The maximum atomic E-state index is 12.8. The summed E-state index contributed by atoms with van der Waals surface area (Å²) in [6, 6.07) is 17.1. The van der Waals surface area contributed by atoms with Gasteiger partial charge in [-0.05, 0) is 24.3 Å². The van der Waals surface area contributed by atoms with Gasteiger partial charge in [-0.15, -0.1) is 16.4 Å². The van der Waals surface area contributed by atoms with Crippen molar-refractivity contribution >= 4 is 39.7 Å². The highest BCUT2D eigenvalue weighted by Gasteiger charge is 2.35. The summed E-state index contributed by atoms with van der Waals surface area (Å²) < 4.78 is 6.88. The number of methoxy groups -OCH3 is 1. The van der Waals surface area contributed by atoms with Crippen LogP contribution < -0.4 is 15.0 Å². The quantitative estimate of drug-likeness (QED) is 0.521. The highest BCUT2D eigenvalue weighted by Crippen LogP contribution is 2.28. The zero-order chi connectivity index (χ0) is 21.4. The standard InChI is InChI=1S/C22H19N5O3S/c1-30-17-9-7-16(8-10-17)26-12-15(11-19(26)28)20(29)23-21-24-22-27(25-21)18(13-31-22)14-5-3-2-4-6-14/h2-10,13,15H,11-12H2,1H3,(H,23,25,29). The molecular weight excluding hydrogens is 414 g/mol. The van der Waals surface area contributed by atoms with Gasteiger partial charge in [0.05, 0.1) is 18.7 Å². The smallest absolute Gasteiger partial charge is 0.250 e. The zero-order valence-corrected chi connectivity index (χ0v) is 17.5. The number of nitrogens with zero attached hydrogens (tertiary/aromatic N) is 4.